The lowest BCUT2D eigenvalue weighted by atomic mass is 10.3. The minimum absolute atomic E-state index is 0.673. The first kappa shape index (κ1) is 9.98. The number of pyridine rings is 1. The Labute approximate surface area is 92.9 Å². The van der Waals surface area contributed by atoms with E-state index in [1.54, 1.807) is 24.7 Å². The van der Waals surface area contributed by atoms with Gasteiger partial charge in [0, 0.05) is 19.4 Å². The molecule has 0 saturated carbocycles. The summed E-state index contributed by atoms with van der Waals surface area (Å²) in [6.07, 6.45) is 5.14. The first-order valence-corrected chi connectivity index (χ1v) is 4.95. The predicted octanol–water partition coefficient (Wildman–Crippen LogP) is 2.08. The Balaban J connectivity index is 2.06. The fourth-order valence-electron chi connectivity index (χ4n) is 1.27. The summed E-state index contributed by atoms with van der Waals surface area (Å²) < 4.78 is 1.82. The lowest BCUT2D eigenvalue weighted by Crippen LogP contribution is -2.05. The van der Waals surface area contributed by atoms with Gasteiger partial charge in [-0.15, -0.1) is 0 Å². The molecule has 0 aliphatic rings. The van der Waals surface area contributed by atoms with Crippen molar-refractivity contribution in [3.05, 3.63) is 41.4 Å². The average molecular weight is 223 g/mol. The summed E-state index contributed by atoms with van der Waals surface area (Å²) in [7, 11) is 1.90. The molecule has 2 aromatic rings. The number of nitrogens with zero attached hydrogens (tertiary/aromatic N) is 3. The third-order valence-electron chi connectivity index (χ3n) is 2.15. The van der Waals surface area contributed by atoms with E-state index in [1.165, 1.54) is 0 Å². The molecule has 0 unspecified atom stereocenters. The second kappa shape index (κ2) is 4.31. The van der Waals surface area contributed by atoms with Crippen LogP contribution >= 0.6 is 11.6 Å². The van der Waals surface area contributed by atoms with Crippen molar-refractivity contribution < 1.29 is 0 Å². The molecule has 1 N–H and O–H groups in total. The van der Waals surface area contributed by atoms with Crippen molar-refractivity contribution in [1.29, 1.82) is 0 Å². The Hall–Kier alpha value is -1.55. The number of nitrogens with one attached hydrogen (secondary N) is 1. The van der Waals surface area contributed by atoms with Crippen molar-refractivity contribution in [2.24, 2.45) is 7.05 Å². The maximum atomic E-state index is 5.98. The van der Waals surface area contributed by atoms with E-state index in [-0.39, 0.29) is 0 Å². The second-order valence-electron chi connectivity index (χ2n) is 3.16. The zero-order valence-corrected chi connectivity index (χ0v) is 9.07. The van der Waals surface area contributed by atoms with Crippen molar-refractivity contribution in [2.45, 2.75) is 6.54 Å². The highest BCUT2D eigenvalue weighted by atomic mass is 35.5. The van der Waals surface area contributed by atoms with Crippen LogP contribution in [0.25, 0.3) is 0 Å². The largest absolute Gasteiger partial charge is 0.377 e. The summed E-state index contributed by atoms with van der Waals surface area (Å²) in [6.45, 7) is 0.682. The molecule has 0 aliphatic carbocycles. The summed E-state index contributed by atoms with van der Waals surface area (Å²) in [5, 5.41) is 7.95. The van der Waals surface area contributed by atoms with Crippen LogP contribution in [0.4, 0.5) is 5.69 Å². The molecule has 4 nitrogen and oxygen atoms in total. The van der Waals surface area contributed by atoms with Gasteiger partial charge in [0.2, 0.25) is 0 Å². The van der Waals surface area contributed by atoms with E-state index in [0.717, 1.165) is 11.4 Å². The van der Waals surface area contributed by atoms with Gasteiger partial charge < -0.3 is 5.32 Å². The minimum Gasteiger partial charge on any atom is -0.377 e. The van der Waals surface area contributed by atoms with Gasteiger partial charge in [0.25, 0.3) is 0 Å². The van der Waals surface area contributed by atoms with Gasteiger partial charge in [-0.25, -0.2) is 0 Å². The molecule has 2 heterocycles. The molecule has 0 aliphatic heterocycles. The number of anilines is 1. The normalized spacial score (nSPS) is 10.3. The average Bonchev–Trinajstić information content (AvgIpc) is 2.63. The highest BCUT2D eigenvalue weighted by Gasteiger charge is 2.01. The molecule has 0 radical (unpaired) electrons. The van der Waals surface area contributed by atoms with Crippen LogP contribution in [0, 0.1) is 0 Å². The predicted molar refractivity (Wildman–Crippen MR) is 59.8 cm³/mol. The smallest absolute Gasteiger partial charge is 0.0719 e. The van der Waals surface area contributed by atoms with E-state index >= 15 is 0 Å². The second-order valence-corrected chi connectivity index (χ2v) is 3.56. The van der Waals surface area contributed by atoms with Crippen molar-refractivity contribution in [3.63, 3.8) is 0 Å². The highest BCUT2D eigenvalue weighted by molar-refractivity contribution is 6.33. The summed E-state index contributed by atoms with van der Waals surface area (Å²) >= 11 is 5.98. The molecule has 0 fully saturated rings. The fourth-order valence-corrected chi connectivity index (χ4v) is 1.44. The van der Waals surface area contributed by atoms with E-state index < -0.39 is 0 Å². The van der Waals surface area contributed by atoms with Crippen molar-refractivity contribution in [2.75, 3.05) is 5.32 Å². The Kier molecular flexibility index (Phi) is 2.87. The van der Waals surface area contributed by atoms with Gasteiger partial charge in [-0.3, -0.25) is 9.67 Å². The summed E-state index contributed by atoms with van der Waals surface area (Å²) in [5.41, 5.74) is 1.93. The fraction of sp³-hybridized carbons (Fsp3) is 0.200. The van der Waals surface area contributed by atoms with Crippen LogP contribution in [-0.2, 0) is 13.6 Å². The van der Waals surface area contributed by atoms with Crippen LogP contribution in [0.2, 0.25) is 5.02 Å². The lowest BCUT2D eigenvalue weighted by molar-refractivity contribution is 0.720. The van der Waals surface area contributed by atoms with E-state index in [0.29, 0.717) is 11.6 Å². The number of hydrogen-bond acceptors (Lipinski definition) is 3. The molecule has 15 heavy (non-hydrogen) atoms. The van der Waals surface area contributed by atoms with E-state index in [2.05, 4.69) is 15.4 Å². The maximum absolute atomic E-state index is 5.98. The maximum Gasteiger partial charge on any atom is 0.0719 e. The highest BCUT2D eigenvalue weighted by Crippen LogP contribution is 2.19. The zero-order valence-electron chi connectivity index (χ0n) is 8.31. The van der Waals surface area contributed by atoms with Crippen LogP contribution in [-0.4, -0.2) is 14.8 Å². The van der Waals surface area contributed by atoms with Gasteiger partial charge in [0.15, 0.2) is 0 Å². The van der Waals surface area contributed by atoms with Crippen LogP contribution in [0.3, 0.4) is 0 Å². The Bertz CT molecular complexity index is 452. The van der Waals surface area contributed by atoms with Gasteiger partial charge in [-0.1, -0.05) is 11.6 Å². The Morgan fingerprint density at radius 1 is 1.40 bits per heavy atom. The minimum atomic E-state index is 0.673. The van der Waals surface area contributed by atoms with Crippen LogP contribution in [0.15, 0.2) is 30.7 Å². The number of halogens is 1. The van der Waals surface area contributed by atoms with Crippen LogP contribution in [0.1, 0.15) is 5.69 Å². The number of aromatic nitrogens is 3. The summed E-state index contributed by atoms with van der Waals surface area (Å²) in [6, 6.07) is 3.71. The van der Waals surface area contributed by atoms with Crippen LogP contribution < -0.4 is 5.32 Å². The molecular weight excluding hydrogens is 212 g/mol. The quantitative estimate of drug-likeness (QED) is 0.865. The Morgan fingerprint density at radius 3 is 2.93 bits per heavy atom. The molecule has 0 saturated heterocycles. The Morgan fingerprint density at radius 2 is 2.27 bits per heavy atom. The van der Waals surface area contributed by atoms with Crippen molar-refractivity contribution >= 4 is 17.3 Å². The zero-order chi connectivity index (χ0) is 10.7. The number of hydrogen-bond donors (Lipinski definition) is 1. The lowest BCUT2D eigenvalue weighted by Gasteiger charge is -2.07. The van der Waals surface area contributed by atoms with Gasteiger partial charge in [-0.2, -0.15) is 5.10 Å². The molecule has 0 atom stereocenters. The van der Waals surface area contributed by atoms with Crippen molar-refractivity contribution in [1.82, 2.24) is 14.8 Å². The van der Waals surface area contributed by atoms with E-state index in [1.807, 2.05) is 17.8 Å². The first-order chi connectivity index (χ1) is 7.27. The number of rotatable bonds is 3. The standard InChI is InChI=1S/C10H11ClN4/c1-15-8(2-5-14-15)6-13-10-7-12-4-3-9(10)11/h2-5,7,13H,6H2,1H3. The molecule has 0 bridgehead atoms. The van der Waals surface area contributed by atoms with Gasteiger partial charge >= 0.3 is 0 Å². The third-order valence-corrected chi connectivity index (χ3v) is 2.48. The first-order valence-electron chi connectivity index (χ1n) is 4.57. The molecule has 2 rings (SSSR count). The molecule has 78 valence electrons. The van der Waals surface area contributed by atoms with Gasteiger partial charge in [0.1, 0.15) is 0 Å². The number of aryl methyl sites for hydroxylation is 1. The van der Waals surface area contributed by atoms with Crippen LogP contribution in [0.5, 0.6) is 0 Å². The molecular formula is C10H11ClN4. The molecule has 0 spiro atoms. The van der Waals surface area contributed by atoms with Gasteiger partial charge in [0.05, 0.1) is 29.1 Å². The SMILES string of the molecule is Cn1nccc1CNc1cnccc1Cl. The van der Waals surface area contributed by atoms with Gasteiger partial charge in [-0.05, 0) is 12.1 Å². The molecule has 0 aromatic carbocycles. The summed E-state index contributed by atoms with van der Waals surface area (Å²) in [5.74, 6) is 0. The topological polar surface area (TPSA) is 42.7 Å². The molecule has 5 heteroatoms. The third kappa shape index (κ3) is 2.27. The molecule has 2 aromatic heterocycles. The van der Waals surface area contributed by atoms with E-state index in [4.69, 9.17) is 11.6 Å². The monoisotopic (exact) mass is 222 g/mol. The molecule has 0 amide bonds. The summed E-state index contributed by atoms with van der Waals surface area (Å²) in [4.78, 5) is 4.00. The van der Waals surface area contributed by atoms with Crippen molar-refractivity contribution in [3.8, 4) is 0 Å². The van der Waals surface area contributed by atoms with E-state index in [9.17, 15) is 0 Å².